The molecule has 3 radical (unpaired) electrons. The first kappa shape index (κ1) is 9.92. The molecule has 0 bridgehead atoms. The Bertz CT molecular complexity index is 22.8. The molecule has 0 aromatic rings. The van der Waals surface area contributed by atoms with Gasteiger partial charge in [-0.05, 0) is 6.92 Å². The van der Waals surface area contributed by atoms with E-state index in [1.165, 1.54) is 7.11 Å². The van der Waals surface area contributed by atoms with Gasteiger partial charge in [-0.2, -0.15) is 0 Å². The van der Waals surface area contributed by atoms with E-state index in [0.717, 1.165) is 0 Å². The SMILES string of the molecule is COC(C)O.[In]. The van der Waals surface area contributed by atoms with Crippen LogP contribution in [-0.2, 0) is 4.74 Å². The minimum Gasteiger partial charge on any atom is -0.368 e. The van der Waals surface area contributed by atoms with Crippen LogP contribution in [0.15, 0.2) is 0 Å². The zero-order chi connectivity index (χ0) is 4.28. The zero-order valence-corrected chi connectivity index (χ0v) is 7.31. The van der Waals surface area contributed by atoms with Crippen molar-refractivity contribution in [3.63, 3.8) is 0 Å². The molecule has 35 valence electrons. The van der Waals surface area contributed by atoms with Gasteiger partial charge in [0.25, 0.3) is 0 Å². The van der Waals surface area contributed by atoms with E-state index in [1.807, 2.05) is 0 Å². The second kappa shape index (κ2) is 5.79. The van der Waals surface area contributed by atoms with Crippen LogP contribution in [0.3, 0.4) is 0 Å². The van der Waals surface area contributed by atoms with E-state index in [0.29, 0.717) is 0 Å². The molecular weight excluding hydrogens is 183 g/mol. The molecule has 0 spiro atoms. The van der Waals surface area contributed by atoms with Gasteiger partial charge in [-0.25, -0.2) is 0 Å². The van der Waals surface area contributed by atoms with E-state index >= 15 is 0 Å². The van der Waals surface area contributed by atoms with Crippen LogP contribution in [0.5, 0.6) is 0 Å². The number of hydrogen-bond donors (Lipinski definition) is 1. The first-order valence-corrected chi connectivity index (χ1v) is 1.48. The third kappa shape index (κ3) is 8.84. The summed E-state index contributed by atoms with van der Waals surface area (Å²) in [4.78, 5) is 0. The first-order chi connectivity index (χ1) is 2.27. The Balaban J connectivity index is 0. The fourth-order valence-electron chi connectivity index (χ4n) is 0. The van der Waals surface area contributed by atoms with Crippen molar-refractivity contribution in [2.24, 2.45) is 0 Å². The summed E-state index contributed by atoms with van der Waals surface area (Å²) in [5.41, 5.74) is 0. The van der Waals surface area contributed by atoms with E-state index in [9.17, 15) is 0 Å². The molecular formula is C3H8InO2. The standard InChI is InChI=1S/C3H8O2.In/c1-3(4)5-2;/h3-4H,1-2H3;. The molecule has 0 aliphatic heterocycles. The van der Waals surface area contributed by atoms with Gasteiger partial charge in [-0.1, -0.05) is 0 Å². The summed E-state index contributed by atoms with van der Waals surface area (Å²) < 4.78 is 4.31. The molecule has 1 unspecified atom stereocenters. The molecule has 1 atom stereocenters. The van der Waals surface area contributed by atoms with Crippen LogP contribution < -0.4 is 0 Å². The molecule has 0 aromatic heterocycles. The van der Waals surface area contributed by atoms with Crippen LogP contribution in [0.1, 0.15) is 6.92 Å². The van der Waals surface area contributed by atoms with Crippen molar-refractivity contribution in [1.82, 2.24) is 0 Å². The third-order valence-electron chi connectivity index (χ3n) is 0.341. The average molecular weight is 191 g/mol. The number of methoxy groups -OCH3 is 1. The zero-order valence-electron chi connectivity index (χ0n) is 4.01. The van der Waals surface area contributed by atoms with E-state index in [-0.39, 0.29) is 25.8 Å². The van der Waals surface area contributed by atoms with Gasteiger partial charge in [0.15, 0.2) is 6.29 Å². The van der Waals surface area contributed by atoms with Gasteiger partial charge in [-0.15, -0.1) is 0 Å². The topological polar surface area (TPSA) is 29.5 Å². The van der Waals surface area contributed by atoms with Gasteiger partial charge in [0.1, 0.15) is 0 Å². The maximum atomic E-state index is 8.14. The molecule has 2 nitrogen and oxygen atoms in total. The van der Waals surface area contributed by atoms with Crippen LogP contribution in [0.2, 0.25) is 0 Å². The molecule has 0 aromatic carbocycles. The maximum Gasteiger partial charge on any atom is 0.151 e. The minimum atomic E-state index is -0.616. The predicted octanol–water partition coefficient (Wildman–Crippen LogP) is -0.410. The van der Waals surface area contributed by atoms with Crippen LogP contribution >= 0.6 is 0 Å². The fraction of sp³-hybridized carbons (Fsp3) is 1.00. The Morgan fingerprint density at radius 2 is 1.83 bits per heavy atom. The molecule has 1 N–H and O–H groups in total. The molecule has 0 saturated carbocycles. The van der Waals surface area contributed by atoms with Gasteiger partial charge in [-0.3, -0.25) is 0 Å². The summed E-state index contributed by atoms with van der Waals surface area (Å²) in [7, 11) is 1.45. The monoisotopic (exact) mass is 191 g/mol. The Kier molecular flexibility index (Phi) is 9.57. The Labute approximate surface area is 56.3 Å². The van der Waals surface area contributed by atoms with E-state index < -0.39 is 6.29 Å². The van der Waals surface area contributed by atoms with Crippen molar-refractivity contribution in [2.75, 3.05) is 7.11 Å². The van der Waals surface area contributed by atoms with Gasteiger partial charge in [0.05, 0.1) is 0 Å². The van der Waals surface area contributed by atoms with E-state index in [4.69, 9.17) is 5.11 Å². The van der Waals surface area contributed by atoms with Gasteiger partial charge in [0.2, 0.25) is 0 Å². The van der Waals surface area contributed by atoms with Crippen LogP contribution in [0.25, 0.3) is 0 Å². The quantitative estimate of drug-likeness (QED) is 0.571. The van der Waals surface area contributed by atoms with Gasteiger partial charge in [0, 0.05) is 33.0 Å². The second-order valence-corrected chi connectivity index (χ2v) is 0.835. The van der Waals surface area contributed by atoms with Crippen LogP contribution in [-0.4, -0.2) is 44.3 Å². The number of rotatable bonds is 1. The molecule has 0 saturated heterocycles. The number of hydrogen-bond acceptors (Lipinski definition) is 2. The van der Waals surface area contributed by atoms with Crippen LogP contribution in [0, 0.1) is 0 Å². The number of aliphatic hydroxyl groups excluding tert-OH is 1. The Hall–Kier alpha value is 0.790. The molecule has 0 aliphatic rings. The van der Waals surface area contributed by atoms with Crippen molar-refractivity contribution < 1.29 is 9.84 Å². The average Bonchev–Trinajstić information content (AvgIpc) is 1.38. The Morgan fingerprint density at radius 3 is 1.83 bits per heavy atom. The molecule has 3 heteroatoms. The van der Waals surface area contributed by atoms with Gasteiger partial charge >= 0.3 is 0 Å². The molecule has 0 fully saturated rings. The fourth-order valence-corrected chi connectivity index (χ4v) is 0. The summed E-state index contributed by atoms with van der Waals surface area (Å²) >= 11 is 0. The summed E-state index contributed by atoms with van der Waals surface area (Å²) in [6.45, 7) is 1.56. The first-order valence-electron chi connectivity index (χ1n) is 1.48. The summed E-state index contributed by atoms with van der Waals surface area (Å²) in [6, 6.07) is 0. The summed E-state index contributed by atoms with van der Waals surface area (Å²) in [5, 5.41) is 8.14. The number of aliphatic hydroxyl groups is 1. The third-order valence-corrected chi connectivity index (χ3v) is 0.341. The minimum absolute atomic E-state index is 0. The van der Waals surface area contributed by atoms with Crippen molar-refractivity contribution in [1.29, 1.82) is 0 Å². The smallest absolute Gasteiger partial charge is 0.151 e. The largest absolute Gasteiger partial charge is 0.368 e. The number of ether oxygens (including phenoxy) is 1. The molecule has 0 aliphatic carbocycles. The molecule has 0 heterocycles. The van der Waals surface area contributed by atoms with Crippen molar-refractivity contribution in [3.05, 3.63) is 0 Å². The van der Waals surface area contributed by atoms with Crippen LogP contribution in [0.4, 0.5) is 0 Å². The van der Waals surface area contributed by atoms with E-state index in [2.05, 4.69) is 4.74 Å². The normalized spacial score (nSPS) is 12.5. The van der Waals surface area contributed by atoms with E-state index in [1.54, 1.807) is 6.92 Å². The van der Waals surface area contributed by atoms with Gasteiger partial charge < -0.3 is 9.84 Å². The van der Waals surface area contributed by atoms with Crippen molar-refractivity contribution >= 4 is 25.8 Å². The van der Waals surface area contributed by atoms with Crippen molar-refractivity contribution in [3.8, 4) is 0 Å². The molecule has 0 rings (SSSR count). The molecule has 6 heavy (non-hydrogen) atoms. The Morgan fingerprint density at radius 1 is 1.67 bits per heavy atom. The van der Waals surface area contributed by atoms with Crippen molar-refractivity contribution in [2.45, 2.75) is 13.2 Å². The summed E-state index contributed by atoms with van der Waals surface area (Å²) in [6.07, 6.45) is -0.616. The maximum absolute atomic E-state index is 8.14. The summed E-state index contributed by atoms with van der Waals surface area (Å²) in [5.74, 6) is 0. The molecule has 0 amide bonds. The second-order valence-electron chi connectivity index (χ2n) is 0.835. The predicted molar refractivity (Wildman–Crippen MR) is 24.4 cm³/mol.